The van der Waals surface area contributed by atoms with Crippen molar-refractivity contribution >= 4 is 5.97 Å². The van der Waals surface area contributed by atoms with Crippen molar-refractivity contribution in [2.75, 3.05) is 26.7 Å². The normalized spacial score (nSPS) is 22.7. The average molecular weight is 344 g/mol. The van der Waals surface area contributed by atoms with Crippen molar-refractivity contribution in [3.05, 3.63) is 35.4 Å². The van der Waals surface area contributed by atoms with Crippen molar-refractivity contribution in [2.45, 2.75) is 57.5 Å². The smallest absolute Gasteiger partial charge is 0.337 e. The number of ether oxygens (including phenoxy) is 1. The Morgan fingerprint density at radius 2 is 1.88 bits per heavy atom. The van der Waals surface area contributed by atoms with Crippen LogP contribution in [0.25, 0.3) is 0 Å². The molecule has 25 heavy (non-hydrogen) atoms. The topological polar surface area (TPSA) is 41.6 Å². The molecule has 4 heteroatoms. The number of carbonyl (C=O) groups excluding carboxylic acids is 1. The van der Waals surface area contributed by atoms with Crippen molar-refractivity contribution in [2.24, 2.45) is 5.92 Å². The van der Waals surface area contributed by atoms with E-state index in [2.05, 4.69) is 10.2 Å². The zero-order chi connectivity index (χ0) is 17.5. The summed E-state index contributed by atoms with van der Waals surface area (Å²) >= 11 is 0. The van der Waals surface area contributed by atoms with Crippen LogP contribution in [0.4, 0.5) is 0 Å². The lowest BCUT2D eigenvalue weighted by atomic mass is 9.88. The van der Waals surface area contributed by atoms with Crippen LogP contribution in [0.3, 0.4) is 0 Å². The second kappa shape index (κ2) is 9.35. The molecule has 4 nitrogen and oxygen atoms in total. The van der Waals surface area contributed by atoms with Gasteiger partial charge in [0.25, 0.3) is 0 Å². The Balaban J connectivity index is 1.43. The maximum absolute atomic E-state index is 11.5. The van der Waals surface area contributed by atoms with Gasteiger partial charge in [-0.15, -0.1) is 0 Å². The molecule has 1 N–H and O–H groups in total. The Bertz CT molecular complexity index is 537. The van der Waals surface area contributed by atoms with Crippen molar-refractivity contribution in [3.63, 3.8) is 0 Å². The second-order valence-electron chi connectivity index (χ2n) is 7.67. The highest BCUT2D eigenvalue weighted by atomic mass is 16.5. The zero-order valence-electron chi connectivity index (χ0n) is 15.5. The van der Waals surface area contributed by atoms with Gasteiger partial charge >= 0.3 is 5.97 Å². The van der Waals surface area contributed by atoms with Gasteiger partial charge in [-0.2, -0.15) is 0 Å². The van der Waals surface area contributed by atoms with Crippen molar-refractivity contribution in [1.82, 2.24) is 10.2 Å². The van der Waals surface area contributed by atoms with Gasteiger partial charge < -0.3 is 15.0 Å². The minimum absolute atomic E-state index is 0.273. The van der Waals surface area contributed by atoms with Crippen LogP contribution in [0.2, 0.25) is 0 Å². The summed E-state index contributed by atoms with van der Waals surface area (Å²) in [7, 11) is 1.42. The van der Waals surface area contributed by atoms with Gasteiger partial charge in [0, 0.05) is 25.7 Å². The first-order valence-corrected chi connectivity index (χ1v) is 9.87. The summed E-state index contributed by atoms with van der Waals surface area (Å²) in [5, 5.41) is 3.71. The number of carbonyl (C=O) groups is 1. The molecule has 1 aliphatic heterocycles. The number of nitrogens with zero attached hydrogens (tertiary/aromatic N) is 1. The van der Waals surface area contributed by atoms with E-state index in [-0.39, 0.29) is 5.97 Å². The maximum atomic E-state index is 11.5. The first-order chi connectivity index (χ1) is 12.2. The lowest BCUT2D eigenvalue weighted by Crippen LogP contribution is -2.47. The minimum Gasteiger partial charge on any atom is -0.465 e. The number of likely N-dealkylation sites (tertiary alicyclic amines) is 1. The number of benzene rings is 1. The summed E-state index contributed by atoms with van der Waals surface area (Å²) in [6.45, 7) is 4.61. The van der Waals surface area contributed by atoms with Crippen LogP contribution in [-0.2, 0) is 11.3 Å². The molecule has 0 radical (unpaired) electrons. The third-order valence-corrected chi connectivity index (χ3v) is 5.72. The van der Waals surface area contributed by atoms with Crippen LogP contribution in [0, 0.1) is 5.92 Å². The summed E-state index contributed by atoms with van der Waals surface area (Å²) < 4.78 is 4.75. The largest absolute Gasteiger partial charge is 0.465 e. The summed E-state index contributed by atoms with van der Waals surface area (Å²) in [5.74, 6) is 0.656. The van der Waals surface area contributed by atoms with E-state index in [4.69, 9.17) is 4.74 Å². The van der Waals surface area contributed by atoms with E-state index in [1.807, 2.05) is 24.3 Å². The van der Waals surface area contributed by atoms with E-state index in [1.165, 1.54) is 77.3 Å². The Hall–Kier alpha value is -1.39. The van der Waals surface area contributed by atoms with Gasteiger partial charge in [-0.25, -0.2) is 4.79 Å². The van der Waals surface area contributed by atoms with Crippen molar-refractivity contribution < 1.29 is 9.53 Å². The van der Waals surface area contributed by atoms with Crippen molar-refractivity contribution in [1.29, 1.82) is 0 Å². The molecule has 0 spiro atoms. The van der Waals surface area contributed by atoms with E-state index in [1.54, 1.807) is 0 Å². The predicted octanol–water partition coefficient (Wildman–Crippen LogP) is 3.61. The Morgan fingerprint density at radius 1 is 1.12 bits per heavy atom. The zero-order valence-corrected chi connectivity index (χ0v) is 15.5. The first kappa shape index (κ1) is 18.4. The van der Waals surface area contributed by atoms with E-state index in [9.17, 15) is 4.79 Å². The van der Waals surface area contributed by atoms with Crippen LogP contribution < -0.4 is 5.32 Å². The number of nitrogens with one attached hydrogen (secondary N) is 1. The molecule has 1 saturated carbocycles. The molecule has 1 aromatic rings. The average Bonchev–Trinajstić information content (AvgIpc) is 2.67. The molecule has 1 aliphatic carbocycles. The van der Waals surface area contributed by atoms with Crippen LogP contribution in [0.5, 0.6) is 0 Å². The van der Waals surface area contributed by atoms with E-state index < -0.39 is 0 Å². The third-order valence-electron chi connectivity index (χ3n) is 5.72. The fourth-order valence-electron chi connectivity index (χ4n) is 4.26. The molecule has 0 bridgehead atoms. The minimum atomic E-state index is -0.273. The lowest BCUT2D eigenvalue weighted by molar-refractivity contribution is 0.0600. The molecule has 138 valence electrons. The van der Waals surface area contributed by atoms with Crippen LogP contribution in [0.1, 0.15) is 60.9 Å². The summed E-state index contributed by atoms with van der Waals surface area (Å²) in [6, 6.07) is 8.31. The third kappa shape index (κ3) is 5.55. The Labute approximate surface area is 151 Å². The van der Waals surface area contributed by atoms with Gasteiger partial charge in [-0.05, 0) is 55.8 Å². The Kier molecular flexibility index (Phi) is 6.88. The predicted molar refractivity (Wildman–Crippen MR) is 101 cm³/mol. The summed E-state index contributed by atoms with van der Waals surface area (Å²) in [5.41, 5.74) is 1.83. The molecule has 1 atom stereocenters. The SMILES string of the molecule is COC(=O)c1ccc(CNC2CCCN(CC3CCCCC3)C2)cc1. The molecular weight excluding hydrogens is 312 g/mol. The Morgan fingerprint density at radius 3 is 2.60 bits per heavy atom. The maximum Gasteiger partial charge on any atom is 0.337 e. The number of esters is 1. The fourth-order valence-corrected chi connectivity index (χ4v) is 4.26. The molecule has 2 aliphatic rings. The number of hydrogen-bond acceptors (Lipinski definition) is 4. The number of rotatable bonds is 6. The van der Waals surface area contributed by atoms with E-state index in [0.29, 0.717) is 11.6 Å². The fraction of sp³-hybridized carbons (Fsp3) is 0.667. The van der Waals surface area contributed by atoms with Crippen LogP contribution in [0.15, 0.2) is 24.3 Å². The molecule has 3 rings (SSSR count). The standard InChI is InChI=1S/C21H32N2O2/c1-25-21(24)19-11-9-17(10-12-19)14-22-20-8-5-13-23(16-20)15-18-6-3-2-4-7-18/h9-12,18,20,22H,2-8,13-16H2,1H3. The van der Waals surface area contributed by atoms with Crippen LogP contribution in [-0.4, -0.2) is 43.7 Å². The highest BCUT2D eigenvalue weighted by Crippen LogP contribution is 2.25. The van der Waals surface area contributed by atoms with Gasteiger partial charge in [0.1, 0.15) is 0 Å². The number of methoxy groups -OCH3 is 1. The van der Waals surface area contributed by atoms with Gasteiger partial charge in [0.15, 0.2) is 0 Å². The number of piperidine rings is 1. The van der Waals surface area contributed by atoms with Gasteiger partial charge in [0.2, 0.25) is 0 Å². The molecule has 1 unspecified atom stereocenters. The van der Waals surface area contributed by atoms with Crippen molar-refractivity contribution in [3.8, 4) is 0 Å². The summed E-state index contributed by atoms with van der Waals surface area (Å²) in [4.78, 5) is 14.2. The molecular formula is C21H32N2O2. The van der Waals surface area contributed by atoms with E-state index in [0.717, 1.165) is 12.5 Å². The molecule has 1 aromatic carbocycles. The first-order valence-electron chi connectivity index (χ1n) is 9.87. The molecule has 0 aromatic heterocycles. The lowest BCUT2D eigenvalue weighted by Gasteiger charge is -2.36. The van der Waals surface area contributed by atoms with Gasteiger partial charge in [-0.1, -0.05) is 31.4 Å². The highest BCUT2D eigenvalue weighted by Gasteiger charge is 2.23. The highest BCUT2D eigenvalue weighted by molar-refractivity contribution is 5.89. The quantitative estimate of drug-likeness (QED) is 0.801. The number of hydrogen-bond donors (Lipinski definition) is 1. The molecule has 1 saturated heterocycles. The summed E-state index contributed by atoms with van der Waals surface area (Å²) in [6.07, 6.45) is 9.73. The molecule has 0 amide bonds. The molecule has 1 heterocycles. The van der Waals surface area contributed by atoms with Gasteiger partial charge in [-0.3, -0.25) is 0 Å². The van der Waals surface area contributed by atoms with Crippen LogP contribution >= 0.6 is 0 Å². The molecule has 2 fully saturated rings. The van der Waals surface area contributed by atoms with E-state index >= 15 is 0 Å². The van der Waals surface area contributed by atoms with Gasteiger partial charge in [0.05, 0.1) is 12.7 Å². The second-order valence-corrected chi connectivity index (χ2v) is 7.67. The monoisotopic (exact) mass is 344 g/mol.